The van der Waals surface area contributed by atoms with E-state index in [-0.39, 0.29) is 18.2 Å². The number of rotatable bonds is 4. The minimum atomic E-state index is -0.456. The first-order valence-corrected chi connectivity index (χ1v) is 8.48. The van der Waals surface area contributed by atoms with E-state index in [2.05, 4.69) is 0 Å². The number of methoxy groups -OCH3 is 1. The number of ether oxygens (including phenoxy) is 1. The first-order valence-electron chi connectivity index (χ1n) is 7.22. The Morgan fingerprint density at radius 3 is 2.54 bits per heavy atom. The molecule has 0 unspecified atom stereocenters. The SMILES string of the molecule is COc1ccc(N2C(=O)C[C@@H](Sc3ccc(N)cc3)C2=O)cc1Cl. The normalized spacial score (nSPS) is 17.4. The van der Waals surface area contributed by atoms with E-state index in [9.17, 15) is 9.59 Å². The second kappa shape index (κ2) is 6.75. The van der Waals surface area contributed by atoms with Gasteiger partial charge in [0.25, 0.3) is 0 Å². The number of benzene rings is 2. The van der Waals surface area contributed by atoms with Gasteiger partial charge in [-0.25, -0.2) is 4.90 Å². The molecule has 5 nitrogen and oxygen atoms in total. The van der Waals surface area contributed by atoms with Crippen molar-refractivity contribution < 1.29 is 14.3 Å². The van der Waals surface area contributed by atoms with Gasteiger partial charge >= 0.3 is 0 Å². The summed E-state index contributed by atoms with van der Waals surface area (Å²) in [6.07, 6.45) is 0.150. The number of carbonyl (C=O) groups is 2. The zero-order valence-electron chi connectivity index (χ0n) is 12.9. The Bertz CT molecular complexity index is 795. The minimum Gasteiger partial charge on any atom is -0.495 e. The van der Waals surface area contributed by atoms with Crippen LogP contribution in [0.25, 0.3) is 0 Å². The molecule has 1 fully saturated rings. The van der Waals surface area contributed by atoms with Crippen molar-refractivity contribution in [1.29, 1.82) is 0 Å². The van der Waals surface area contributed by atoms with Crippen molar-refractivity contribution in [3.63, 3.8) is 0 Å². The van der Waals surface area contributed by atoms with E-state index in [0.717, 1.165) is 4.90 Å². The fraction of sp³-hybridized carbons (Fsp3) is 0.176. The zero-order valence-corrected chi connectivity index (χ0v) is 14.4. The van der Waals surface area contributed by atoms with E-state index in [4.69, 9.17) is 22.1 Å². The van der Waals surface area contributed by atoms with Crippen LogP contribution in [0.5, 0.6) is 5.75 Å². The largest absolute Gasteiger partial charge is 0.495 e. The molecule has 24 heavy (non-hydrogen) atoms. The Kier molecular flexibility index (Phi) is 4.69. The van der Waals surface area contributed by atoms with Crippen LogP contribution < -0.4 is 15.4 Å². The summed E-state index contributed by atoms with van der Waals surface area (Å²) in [5, 5.41) is -0.104. The molecule has 2 aromatic rings. The highest BCUT2D eigenvalue weighted by molar-refractivity contribution is 8.00. The number of nitrogen functional groups attached to an aromatic ring is 1. The predicted octanol–water partition coefficient (Wildman–Crippen LogP) is 3.36. The van der Waals surface area contributed by atoms with Crippen LogP contribution in [0.1, 0.15) is 6.42 Å². The third-order valence-corrected chi connectivity index (χ3v) is 5.15. The summed E-state index contributed by atoms with van der Waals surface area (Å²) < 4.78 is 5.09. The van der Waals surface area contributed by atoms with Gasteiger partial charge < -0.3 is 10.5 Å². The second-order valence-electron chi connectivity index (χ2n) is 5.27. The first-order chi connectivity index (χ1) is 11.5. The molecule has 0 spiro atoms. The molecule has 1 atom stereocenters. The summed E-state index contributed by atoms with van der Waals surface area (Å²) in [4.78, 5) is 27.0. The molecule has 124 valence electrons. The van der Waals surface area contributed by atoms with Gasteiger partial charge in [0.2, 0.25) is 11.8 Å². The maximum Gasteiger partial charge on any atom is 0.247 e. The maximum atomic E-state index is 12.6. The van der Waals surface area contributed by atoms with Crippen LogP contribution in [0.2, 0.25) is 5.02 Å². The third kappa shape index (κ3) is 3.20. The molecule has 2 N–H and O–H groups in total. The van der Waals surface area contributed by atoms with Crippen molar-refractivity contribution in [1.82, 2.24) is 0 Å². The Morgan fingerprint density at radius 2 is 1.92 bits per heavy atom. The number of halogens is 1. The molecule has 0 saturated carbocycles. The van der Waals surface area contributed by atoms with E-state index < -0.39 is 5.25 Å². The van der Waals surface area contributed by atoms with Crippen LogP contribution in [0.3, 0.4) is 0 Å². The molecule has 7 heteroatoms. The first kappa shape index (κ1) is 16.7. The molecule has 0 radical (unpaired) electrons. The summed E-state index contributed by atoms with van der Waals surface area (Å²) in [7, 11) is 1.51. The van der Waals surface area contributed by atoms with Gasteiger partial charge in [0.1, 0.15) is 5.75 Å². The average Bonchev–Trinajstić information content (AvgIpc) is 2.83. The van der Waals surface area contributed by atoms with Gasteiger partial charge in [0, 0.05) is 17.0 Å². The summed E-state index contributed by atoms with van der Waals surface area (Å²) in [5.74, 6) is 0.00421. The van der Waals surface area contributed by atoms with Crippen molar-refractivity contribution in [2.45, 2.75) is 16.6 Å². The number of imide groups is 1. The molecular weight excluding hydrogens is 348 g/mol. The van der Waals surface area contributed by atoms with Crippen molar-refractivity contribution in [3.8, 4) is 5.75 Å². The molecule has 1 aliphatic rings. The van der Waals surface area contributed by atoms with Crippen LogP contribution in [-0.4, -0.2) is 24.2 Å². The van der Waals surface area contributed by atoms with Crippen molar-refractivity contribution >= 4 is 46.6 Å². The third-order valence-electron chi connectivity index (χ3n) is 3.66. The van der Waals surface area contributed by atoms with Crippen LogP contribution >= 0.6 is 23.4 Å². The van der Waals surface area contributed by atoms with Gasteiger partial charge in [-0.15, -0.1) is 11.8 Å². The molecular formula is C17H15ClN2O3S. The van der Waals surface area contributed by atoms with Crippen LogP contribution in [-0.2, 0) is 9.59 Å². The summed E-state index contributed by atoms with van der Waals surface area (Å²) >= 11 is 7.45. The number of nitrogens with two attached hydrogens (primary N) is 1. The summed E-state index contributed by atoms with van der Waals surface area (Å²) in [5.41, 5.74) is 6.77. The Morgan fingerprint density at radius 1 is 1.21 bits per heavy atom. The van der Waals surface area contributed by atoms with Gasteiger partial charge in [-0.1, -0.05) is 11.6 Å². The number of anilines is 2. The lowest BCUT2D eigenvalue weighted by Crippen LogP contribution is -2.31. The lowest BCUT2D eigenvalue weighted by molar-refractivity contribution is -0.121. The second-order valence-corrected chi connectivity index (χ2v) is 6.95. The molecule has 0 bridgehead atoms. The van der Waals surface area contributed by atoms with Crippen molar-refractivity contribution in [2.75, 3.05) is 17.7 Å². The highest BCUT2D eigenvalue weighted by Gasteiger charge is 2.40. The van der Waals surface area contributed by atoms with Crippen LogP contribution in [0.15, 0.2) is 47.4 Å². The molecule has 1 aliphatic heterocycles. The highest BCUT2D eigenvalue weighted by atomic mass is 35.5. The van der Waals surface area contributed by atoms with Crippen LogP contribution in [0, 0.1) is 0 Å². The molecule has 2 aromatic carbocycles. The standard InChI is InChI=1S/C17H15ClN2O3S/c1-23-14-7-4-11(8-13(14)18)20-16(21)9-15(17(20)22)24-12-5-2-10(19)3-6-12/h2-8,15H,9,19H2,1H3/t15-/m1/s1. The van der Waals surface area contributed by atoms with E-state index in [1.165, 1.54) is 23.8 Å². The van der Waals surface area contributed by atoms with Gasteiger partial charge in [-0.2, -0.15) is 0 Å². The van der Waals surface area contributed by atoms with E-state index in [1.54, 1.807) is 30.3 Å². The topological polar surface area (TPSA) is 72.6 Å². The minimum absolute atomic E-state index is 0.150. The lowest BCUT2D eigenvalue weighted by atomic mass is 10.3. The maximum absolute atomic E-state index is 12.6. The number of carbonyl (C=O) groups excluding carboxylic acids is 2. The predicted molar refractivity (Wildman–Crippen MR) is 95.6 cm³/mol. The van der Waals surface area contributed by atoms with Crippen LogP contribution in [0.4, 0.5) is 11.4 Å². The average molecular weight is 363 g/mol. The van der Waals surface area contributed by atoms with Crippen molar-refractivity contribution in [3.05, 3.63) is 47.5 Å². The van der Waals surface area contributed by atoms with E-state index >= 15 is 0 Å². The number of hydrogen-bond donors (Lipinski definition) is 1. The Balaban J connectivity index is 1.81. The molecule has 1 saturated heterocycles. The summed E-state index contributed by atoms with van der Waals surface area (Å²) in [6.45, 7) is 0. The molecule has 1 heterocycles. The van der Waals surface area contributed by atoms with E-state index in [1.807, 2.05) is 12.1 Å². The van der Waals surface area contributed by atoms with Crippen molar-refractivity contribution in [2.24, 2.45) is 0 Å². The summed E-state index contributed by atoms with van der Waals surface area (Å²) in [6, 6.07) is 12.1. The Labute approximate surface area is 148 Å². The van der Waals surface area contributed by atoms with Gasteiger partial charge in [-0.3, -0.25) is 9.59 Å². The molecule has 3 rings (SSSR count). The lowest BCUT2D eigenvalue weighted by Gasteiger charge is -2.16. The number of hydrogen-bond acceptors (Lipinski definition) is 5. The molecule has 0 aliphatic carbocycles. The zero-order chi connectivity index (χ0) is 17.3. The number of thioether (sulfide) groups is 1. The van der Waals surface area contributed by atoms with Gasteiger partial charge in [-0.05, 0) is 42.5 Å². The number of nitrogens with zero attached hydrogens (tertiary/aromatic N) is 1. The quantitative estimate of drug-likeness (QED) is 0.667. The fourth-order valence-electron chi connectivity index (χ4n) is 2.47. The smallest absolute Gasteiger partial charge is 0.247 e. The fourth-order valence-corrected chi connectivity index (χ4v) is 3.78. The Hall–Kier alpha value is -2.18. The highest BCUT2D eigenvalue weighted by Crippen LogP contribution is 2.36. The van der Waals surface area contributed by atoms with Gasteiger partial charge in [0.05, 0.1) is 23.1 Å². The van der Waals surface area contributed by atoms with E-state index in [0.29, 0.717) is 22.1 Å². The molecule has 0 aromatic heterocycles. The molecule has 2 amide bonds. The van der Waals surface area contributed by atoms with Gasteiger partial charge in [0.15, 0.2) is 0 Å². The monoisotopic (exact) mass is 362 g/mol. The number of amides is 2.